The zero-order valence-corrected chi connectivity index (χ0v) is 10.1. The molecule has 0 aliphatic heterocycles. The van der Waals surface area contributed by atoms with Gasteiger partial charge in [-0.05, 0) is 26.0 Å². The van der Waals surface area contributed by atoms with E-state index in [1.165, 1.54) is 0 Å². The number of benzene rings is 1. The van der Waals surface area contributed by atoms with Gasteiger partial charge in [-0.15, -0.1) is 0 Å². The van der Waals surface area contributed by atoms with Gasteiger partial charge in [0.15, 0.2) is 0 Å². The van der Waals surface area contributed by atoms with Crippen molar-refractivity contribution >= 4 is 17.6 Å². The molecule has 1 unspecified atom stereocenters. The maximum Gasteiger partial charge on any atom is 0.248 e. The molecule has 0 saturated heterocycles. The Morgan fingerprint density at radius 1 is 1.29 bits per heavy atom. The van der Waals surface area contributed by atoms with Crippen molar-refractivity contribution in [1.29, 1.82) is 0 Å². The van der Waals surface area contributed by atoms with Crippen LogP contribution in [0.3, 0.4) is 0 Å². The van der Waals surface area contributed by atoms with Crippen molar-refractivity contribution in [3.63, 3.8) is 0 Å². The third-order valence-corrected chi connectivity index (χ3v) is 2.78. The summed E-state index contributed by atoms with van der Waals surface area (Å²) in [5.41, 5.74) is 0. The Morgan fingerprint density at radius 3 is 2.64 bits per heavy atom. The highest BCUT2D eigenvalue weighted by Crippen LogP contribution is 2.24. The molecule has 0 bridgehead atoms. The van der Waals surface area contributed by atoms with Crippen LogP contribution < -0.4 is 4.52 Å². The summed E-state index contributed by atoms with van der Waals surface area (Å²) in [5.74, 6) is 0.826. The second-order valence-corrected chi connectivity index (χ2v) is 4.41. The first kappa shape index (κ1) is 11.6. The highest BCUT2D eigenvalue weighted by molar-refractivity contribution is 7.39. The molecule has 0 aromatic heterocycles. The minimum Gasteiger partial charge on any atom is -0.423 e. The van der Waals surface area contributed by atoms with E-state index in [1.807, 2.05) is 44.2 Å². The maximum atomic E-state index is 5.32. The summed E-state index contributed by atoms with van der Waals surface area (Å²) in [4.78, 5) is 0. The molecule has 0 radical (unpaired) electrons. The predicted octanol–water partition coefficient (Wildman–Crippen LogP) is 4.04. The number of rotatable bonds is 5. The summed E-state index contributed by atoms with van der Waals surface area (Å²) in [6, 6.07) is 9.60. The Bertz CT molecular complexity index is 277. The normalized spacial score (nSPS) is 11.9. The summed E-state index contributed by atoms with van der Waals surface area (Å²) in [6.45, 7) is 3.97. The van der Waals surface area contributed by atoms with Crippen molar-refractivity contribution < 1.29 is 9.05 Å². The lowest BCUT2D eigenvalue weighted by atomic mass is 10.3. The zero-order valence-electron chi connectivity index (χ0n) is 8.18. The molecule has 3 nitrogen and oxygen atoms in total. The molecule has 0 aliphatic carbocycles. The van der Waals surface area contributed by atoms with Crippen molar-refractivity contribution in [3.8, 4) is 5.75 Å². The fourth-order valence-electron chi connectivity index (χ4n) is 0.695. The first-order valence-electron chi connectivity index (χ1n) is 4.32. The van der Waals surface area contributed by atoms with E-state index in [2.05, 4.69) is 4.52 Å². The average molecular weight is 229 g/mol. The monoisotopic (exact) mass is 229 g/mol. The van der Waals surface area contributed by atoms with E-state index in [1.54, 1.807) is 0 Å². The van der Waals surface area contributed by atoms with Gasteiger partial charge in [0.1, 0.15) is 14.7 Å². The predicted molar refractivity (Wildman–Crippen MR) is 61.0 cm³/mol. The van der Waals surface area contributed by atoms with Crippen LogP contribution in [0.4, 0.5) is 0 Å². The molecule has 1 aromatic rings. The van der Waals surface area contributed by atoms with Gasteiger partial charge in [0.2, 0.25) is 8.60 Å². The van der Waals surface area contributed by atoms with Gasteiger partial charge in [-0.25, -0.2) is 0 Å². The van der Waals surface area contributed by atoms with Gasteiger partial charge in [0.25, 0.3) is 0 Å². The van der Waals surface area contributed by atoms with Crippen LogP contribution >= 0.6 is 17.6 Å². The van der Waals surface area contributed by atoms with E-state index in [4.69, 9.17) is 9.05 Å². The SMILES string of the molecule is CC(C)OPN=POc1ccccc1. The van der Waals surface area contributed by atoms with Gasteiger partial charge in [0, 0.05) is 0 Å². The Kier molecular flexibility index (Phi) is 5.70. The summed E-state index contributed by atoms with van der Waals surface area (Å²) >= 11 is 0. The Hall–Kier alpha value is -0.490. The first-order chi connectivity index (χ1) is 6.79. The van der Waals surface area contributed by atoms with Crippen molar-refractivity contribution in [1.82, 2.24) is 0 Å². The molecule has 1 rings (SSSR count). The minimum atomic E-state index is 0.152. The van der Waals surface area contributed by atoms with Crippen LogP contribution in [0.2, 0.25) is 0 Å². The molecule has 0 amide bonds. The summed E-state index contributed by atoms with van der Waals surface area (Å²) in [5, 5.41) is 0. The molecule has 0 fully saturated rings. The third kappa shape index (κ3) is 5.29. The lowest BCUT2D eigenvalue weighted by Crippen LogP contribution is -1.90. The van der Waals surface area contributed by atoms with Crippen LogP contribution in [-0.2, 0) is 4.52 Å². The molecular formula is C9H13NO2P2. The Labute approximate surface area is 87.7 Å². The van der Waals surface area contributed by atoms with Gasteiger partial charge < -0.3 is 9.05 Å². The number of nitrogens with zero attached hydrogens (tertiary/aromatic N) is 1. The molecule has 1 aromatic carbocycles. The van der Waals surface area contributed by atoms with Gasteiger partial charge in [-0.2, -0.15) is 4.52 Å². The maximum absolute atomic E-state index is 5.32. The molecule has 0 aliphatic rings. The topological polar surface area (TPSA) is 30.8 Å². The van der Waals surface area contributed by atoms with Crippen LogP contribution in [0.5, 0.6) is 5.75 Å². The van der Waals surface area contributed by atoms with Crippen molar-refractivity contribution in [2.24, 2.45) is 4.52 Å². The van der Waals surface area contributed by atoms with Crippen LogP contribution in [-0.4, -0.2) is 6.10 Å². The van der Waals surface area contributed by atoms with Crippen LogP contribution in [0.25, 0.3) is 0 Å². The van der Waals surface area contributed by atoms with Gasteiger partial charge in [-0.1, -0.05) is 18.2 Å². The van der Waals surface area contributed by atoms with Crippen LogP contribution in [0.1, 0.15) is 13.8 Å². The van der Waals surface area contributed by atoms with Crippen LogP contribution in [0.15, 0.2) is 34.8 Å². The minimum absolute atomic E-state index is 0.152. The van der Waals surface area contributed by atoms with E-state index in [0.29, 0.717) is 8.60 Å². The van der Waals surface area contributed by atoms with Crippen molar-refractivity contribution in [3.05, 3.63) is 30.3 Å². The van der Waals surface area contributed by atoms with Crippen molar-refractivity contribution in [2.45, 2.75) is 20.0 Å². The molecule has 14 heavy (non-hydrogen) atoms. The quantitative estimate of drug-likeness (QED) is 0.713. The lowest BCUT2D eigenvalue weighted by molar-refractivity contribution is 0.280. The Morgan fingerprint density at radius 2 is 2.00 bits per heavy atom. The second kappa shape index (κ2) is 6.89. The molecule has 0 heterocycles. The molecule has 5 heteroatoms. The second-order valence-electron chi connectivity index (χ2n) is 2.84. The first-order valence-corrected chi connectivity index (χ1v) is 5.94. The van der Waals surface area contributed by atoms with Crippen LogP contribution in [0, 0.1) is 0 Å². The van der Waals surface area contributed by atoms with Gasteiger partial charge in [0.05, 0.1) is 6.10 Å². The lowest BCUT2D eigenvalue weighted by Gasteiger charge is -2.01. The van der Waals surface area contributed by atoms with Gasteiger partial charge in [-0.3, -0.25) is 0 Å². The summed E-state index contributed by atoms with van der Waals surface area (Å²) in [6.07, 6.45) is 0.226. The molecule has 76 valence electrons. The largest absolute Gasteiger partial charge is 0.423 e. The zero-order chi connectivity index (χ0) is 10.2. The van der Waals surface area contributed by atoms with E-state index in [0.717, 1.165) is 5.75 Å². The number of para-hydroxylation sites is 1. The van der Waals surface area contributed by atoms with E-state index < -0.39 is 0 Å². The van der Waals surface area contributed by atoms with Crippen molar-refractivity contribution in [2.75, 3.05) is 0 Å². The molecule has 0 N–H and O–H groups in total. The Balaban J connectivity index is 2.21. The average Bonchev–Trinajstić information content (AvgIpc) is 2.18. The molecule has 0 spiro atoms. The fourth-order valence-corrected chi connectivity index (χ4v) is 1.61. The molecule has 1 atom stereocenters. The third-order valence-electron chi connectivity index (χ3n) is 1.26. The smallest absolute Gasteiger partial charge is 0.248 e. The van der Waals surface area contributed by atoms with E-state index in [9.17, 15) is 0 Å². The van der Waals surface area contributed by atoms with E-state index in [-0.39, 0.29) is 15.1 Å². The fraction of sp³-hybridized carbons (Fsp3) is 0.333. The molecular weight excluding hydrogens is 216 g/mol. The van der Waals surface area contributed by atoms with Gasteiger partial charge >= 0.3 is 0 Å². The standard InChI is InChI=1S/C9H13NO2P2/c1-8(2)11-13-10-14-12-9-6-4-3-5-7-9/h3-8,13H,1-2H3. The molecule has 0 saturated carbocycles. The summed E-state index contributed by atoms with van der Waals surface area (Å²) < 4.78 is 14.6. The highest BCUT2D eigenvalue weighted by Gasteiger charge is 1.90. The number of hydrogen-bond acceptors (Lipinski definition) is 3. The highest BCUT2D eigenvalue weighted by atomic mass is 31.1. The van der Waals surface area contributed by atoms with E-state index >= 15 is 0 Å². The summed E-state index contributed by atoms with van der Waals surface area (Å²) in [7, 11) is 0.743. The number of hydrogen-bond donors (Lipinski definition) is 0.